The summed E-state index contributed by atoms with van der Waals surface area (Å²) in [5.74, 6) is 1.62. The summed E-state index contributed by atoms with van der Waals surface area (Å²) in [5, 5.41) is 4.20. The van der Waals surface area contributed by atoms with E-state index in [4.69, 9.17) is 11.6 Å². The molecular formula is C11H18ClN3. The molecule has 1 unspecified atom stereocenters. The van der Waals surface area contributed by atoms with Crippen LogP contribution in [0.1, 0.15) is 12.8 Å². The molecular weight excluding hydrogens is 210 g/mol. The molecule has 84 valence electrons. The Hall–Kier alpha value is -0.540. The lowest BCUT2D eigenvalue weighted by Crippen LogP contribution is -2.25. The van der Waals surface area contributed by atoms with Crippen molar-refractivity contribution in [1.29, 1.82) is 0 Å². The maximum absolute atomic E-state index is 5.75. The molecule has 1 atom stereocenters. The van der Waals surface area contributed by atoms with Crippen LogP contribution in [0.15, 0.2) is 18.5 Å². The summed E-state index contributed by atoms with van der Waals surface area (Å²) in [6, 6.07) is 1.97. The van der Waals surface area contributed by atoms with E-state index in [0.29, 0.717) is 0 Å². The number of hydrogen-bond donors (Lipinski definition) is 0. The predicted molar refractivity (Wildman–Crippen MR) is 62.1 cm³/mol. The maximum Gasteiger partial charge on any atom is 0.0536 e. The lowest BCUT2D eigenvalue weighted by atomic mass is 10.1. The normalized spacial score (nSPS) is 22.3. The number of halogens is 1. The standard InChI is InChI=1S/C11H18ClN3/c12-4-2-11-3-7-14(10-11)8-9-15-6-1-5-13-15/h1,5-6,11H,2-4,7-10H2. The van der Waals surface area contributed by atoms with E-state index in [1.54, 1.807) is 0 Å². The van der Waals surface area contributed by atoms with Gasteiger partial charge in [0.2, 0.25) is 0 Å². The fraction of sp³-hybridized carbons (Fsp3) is 0.727. The molecule has 1 aliphatic rings. The van der Waals surface area contributed by atoms with Crippen molar-refractivity contribution in [2.45, 2.75) is 19.4 Å². The molecule has 0 spiro atoms. The van der Waals surface area contributed by atoms with Gasteiger partial charge in [0.15, 0.2) is 0 Å². The zero-order valence-electron chi connectivity index (χ0n) is 8.98. The first kappa shape index (κ1) is 11.0. The van der Waals surface area contributed by atoms with Gasteiger partial charge in [0, 0.05) is 31.4 Å². The molecule has 0 aliphatic carbocycles. The lowest BCUT2D eigenvalue weighted by molar-refractivity contribution is 0.302. The second-order valence-corrected chi connectivity index (χ2v) is 4.58. The van der Waals surface area contributed by atoms with E-state index in [1.807, 2.05) is 23.1 Å². The third kappa shape index (κ3) is 3.21. The van der Waals surface area contributed by atoms with E-state index >= 15 is 0 Å². The van der Waals surface area contributed by atoms with Crippen molar-refractivity contribution in [2.24, 2.45) is 5.92 Å². The highest BCUT2D eigenvalue weighted by molar-refractivity contribution is 6.17. The van der Waals surface area contributed by atoms with Crippen LogP contribution < -0.4 is 0 Å². The summed E-state index contributed by atoms with van der Waals surface area (Å²) in [6.45, 7) is 4.55. The minimum absolute atomic E-state index is 0.803. The number of nitrogens with zero attached hydrogens (tertiary/aromatic N) is 3. The average molecular weight is 228 g/mol. The van der Waals surface area contributed by atoms with Gasteiger partial charge in [-0.15, -0.1) is 11.6 Å². The van der Waals surface area contributed by atoms with Crippen LogP contribution >= 0.6 is 11.6 Å². The molecule has 0 aromatic carbocycles. The van der Waals surface area contributed by atoms with E-state index in [2.05, 4.69) is 10.00 Å². The molecule has 2 heterocycles. The molecule has 2 rings (SSSR count). The SMILES string of the molecule is ClCCC1CCN(CCn2cccn2)C1. The fourth-order valence-corrected chi connectivity index (χ4v) is 2.49. The molecule has 0 saturated carbocycles. The highest BCUT2D eigenvalue weighted by atomic mass is 35.5. The topological polar surface area (TPSA) is 21.1 Å². The third-order valence-electron chi connectivity index (χ3n) is 3.09. The highest BCUT2D eigenvalue weighted by Gasteiger charge is 2.21. The molecule has 0 amide bonds. The van der Waals surface area contributed by atoms with Crippen LogP contribution in [0.2, 0.25) is 0 Å². The van der Waals surface area contributed by atoms with Crippen molar-refractivity contribution >= 4 is 11.6 Å². The minimum Gasteiger partial charge on any atom is -0.301 e. The van der Waals surface area contributed by atoms with Crippen LogP contribution in [-0.2, 0) is 6.54 Å². The van der Waals surface area contributed by atoms with Crippen LogP contribution in [-0.4, -0.2) is 40.2 Å². The Labute approximate surface area is 96.0 Å². The Morgan fingerprint density at radius 3 is 3.07 bits per heavy atom. The average Bonchev–Trinajstić information content (AvgIpc) is 2.85. The largest absolute Gasteiger partial charge is 0.301 e. The number of rotatable bonds is 5. The Balaban J connectivity index is 1.69. The molecule has 1 aromatic rings. The van der Waals surface area contributed by atoms with Crippen LogP contribution in [0.4, 0.5) is 0 Å². The summed E-state index contributed by atoms with van der Waals surface area (Å²) in [4.78, 5) is 2.51. The van der Waals surface area contributed by atoms with Gasteiger partial charge in [0.1, 0.15) is 0 Å². The van der Waals surface area contributed by atoms with Gasteiger partial charge in [-0.25, -0.2) is 0 Å². The Morgan fingerprint density at radius 1 is 1.40 bits per heavy atom. The molecule has 0 bridgehead atoms. The molecule has 1 fully saturated rings. The molecule has 1 aromatic heterocycles. The van der Waals surface area contributed by atoms with E-state index in [1.165, 1.54) is 25.9 Å². The van der Waals surface area contributed by atoms with Gasteiger partial charge in [0.25, 0.3) is 0 Å². The van der Waals surface area contributed by atoms with Crippen LogP contribution in [0.3, 0.4) is 0 Å². The van der Waals surface area contributed by atoms with Gasteiger partial charge in [0.05, 0.1) is 6.54 Å². The third-order valence-corrected chi connectivity index (χ3v) is 3.31. The highest BCUT2D eigenvalue weighted by Crippen LogP contribution is 2.19. The van der Waals surface area contributed by atoms with Gasteiger partial charge in [-0.3, -0.25) is 4.68 Å². The smallest absolute Gasteiger partial charge is 0.0536 e. The van der Waals surface area contributed by atoms with Crippen LogP contribution in [0, 0.1) is 5.92 Å². The van der Waals surface area contributed by atoms with Gasteiger partial charge in [-0.05, 0) is 31.4 Å². The van der Waals surface area contributed by atoms with Crippen LogP contribution in [0.5, 0.6) is 0 Å². The van der Waals surface area contributed by atoms with Crippen molar-refractivity contribution in [3.05, 3.63) is 18.5 Å². The number of likely N-dealkylation sites (tertiary alicyclic amines) is 1. The number of alkyl halides is 1. The minimum atomic E-state index is 0.803. The monoisotopic (exact) mass is 227 g/mol. The Morgan fingerprint density at radius 2 is 2.33 bits per heavy atom. The zero-order valence-corrected chi connectivity index (χ0v) is 9.73. The predicted octanol–water partition coefficient (Wildman–Crippen LogP) is 1.83. The van der Waals surface area contributed by atoms with Gasteiger partial charge in [-0.2, -0.15) is 5.10 Å². The van der Waals surface area contributed by atoms with E-state index in [-0.39, 0.29) is 0 Å². The van der Waals surface area contributed by atoms with Crippen molar-refractivity contribution in [3.63, 3.8) is 0 Å². The molecule has 1 aliphatic heterocycles. The quantitative estimate of drug-likeness (QED) is 0.716. The summed E-state index contributed by atoms with van der Waals surface area (Å²) in [6.07, 6.45) is 6.33. The first-order valence-corrected chi connectivity index (χ1v) is 6.17. The Bertz CT molecular complexity index is 273. The molecule has 0 N–H and O–H groups in total. The first-order chi connectivity index (χ1) is 7.38. The number of aromatic nitrogens is 2. The van der Waals surface area contributed by atoms with Crippen molar-refractivity contribution in [3.8, 4) is 0 Å². The van der Waals surface area contributed by atoms with Crippen molar-refractivity contribution in [1.82, 2.24) is 14.7 Å². The molecule has 4 heteroatoms. The molecule has 1 saturated heterocycles. The fourth-order valence-electron chi connectivity index (χ4n) is 2.18. The second-order valence-electron chi connectivity index (χ2n) is 4.20. The molecule has 15 heavy (non-hydrogen) atoms. The van der Waals surface area contributed by atoms with E-state index in [9.17, 15) is 0 Å². The van der Waals surface area contributed by atoms with Gasteiger partial charge in [-0.1, -0.05) is 0 Å². The first-order valence-electron chi connectivity index (χ1n) is 5.64. The summed E-state index contributed by atoms with van der Waals surface area (Å²) < 4.78 is 1.99. The van der Waals surface area contributed by atoms with E-state index in [0.717, 1.165) is 24.9 Å². The van der Waals surface area contributed by atoms with Gasteiger partial charge < -0.3 is 4.90 Å². The Kier molecular flexibility index (Phi) is 4.03. The second kappa shape index (κ2) is 5.52. The number of hydrogen-bond acceptors (Lipinski definition) is 2. The van der Waals surface area contributed by atoms with Crippen molar-refractivity contribution < 1.29 is 0 Å². The summed E-state index contributed by atoms with van der Waals surface area (Å²) >= 11 is 5.75. The zero-order chi connectivity index (χ0) is 10.5. The maximum atomic E-state index is 5.75. The molecule has 3 nitrogen and oxygen atoms in total. The summed E-state index contributed by atoms with van der Waals surface area (Å²) in [7, 11) is 0. The molecule has 0 radical (unpaired) electrons. The summed E-state index contributed by atoms with van der Waals surface area (Å²) in [5.41, 5.74) is 0. The van der Waals surface area contributed by atoms with Crippen molar-refractivity contribution in [2.75, 3.05) is 25.5 Å². The van der Waals surface area contributed by atoms with Crippen LogP contribution in [0.25, 0.3) is 0 Å². The van der Waals surface area contributed by atoms with Gasteiger partial charge >= 0.3 is 0 Å². The lowest BCUT2D eigenvalue weighted by Gasteiger charge is -2.15. The van der Waals surface area contributed by atoms with E-state index < -0.39 is 0 Å².